The second kappa shape index (κ2) is 8.88. The minimum Gasteiger partial charge on any atom is -0.496 e. The number of aromatic nitrogens is 1. The van der Waals surface area contributed by atoms with Gasteiger partial charge >= 0.3 is 0 Å². The second-order valence-electron chi connectivity index (χ2n) is 6.55. The number of fused-ring (bicyclic) bond motifs is 1. The van der Waals surface area contributed by atoms with E-state index in [-0.39, 0.29) is 5.91 Å². The van der Waals surface area contributed by atoms with Gasteiger partial charge in [0, 0.05) is 28.1 Å². The Labute approximate surface area is 174 Å². The van der Waals surface area contributed by atoms with E-state index < -0.39 is 0 Å². The molecule has 4 rings (SSSR count). The standard InChI is InChI=1S/C24H22N2O2S/c1-28-21-14-8-6-12-19(21)24(27)25-15-16-29-23-18-11-5-7-13-20(18)26-22(23)17-9-3-2-4-10-17/h2-14,26H,15-16H2,1H3,(H,25,27). The molecule has 4 aromatic rings. The molecule has 4 nitrogen and oxygen atoms in total. The average molecular weight is 403 g/mol. The fraction of sp³-hybridized carbons (Fsp3) is 0.125. The largest absolute Gasteiger partial charge is 0.496 e. The van der Waals surface area contributed by atoms with E-state index in [1.165, 1.54) is 10.3 Å². The molecular formula is C24H22N2O2S. The fourth-order valence-corrected chi connectivity index (χ4v) is 4.37. The van der Waals surface area contributed by atoms with Gasteiger partial charge in [-0.05, 0) is 23.8 Å². The third kappa shape index (κ3) is 4.15. The number of benzene rings is 3. The van der Waals surface area contributed by atoms with Crippen molar-refractivity contribution >= 4 is 28.6 Å². The van der Waals surface area contributed by atoms with Crippen molar-refractivity contribution in [1.29, 1.82) is 0 Å². The summed E-state index contributed by atoms with van der Waals surface area (Å²) in [5.41, 5.74) is 3.95. The molecule has 0 saturated carbocycles. The molecule has 0 radical (unpaired) electrons. The molecule has 0 atom stereocenters. The number of aromatic amines is 1. The number of nitrogens with one attached hydrogen (secondary N) is 2. The van der Waals surface area contributed by atoms with Crippen LogP contribution < -0.4 is 10.1 Å². The van der Waals surface area contributed by atoms with Crippen LogP contribution in [0.5, 0.6) is 5.75 Å². The van der Waals surface area contributed by atoms with Crippen molar-refractivity contribution in [1.82, 2.24) is 10.3 Å². The number of para-hydroxylation sites is 2. The summed E-state index contributed by atoms with van der Waals surface area (Å²) < 4.78 is 5.27. The van der Waals surface area contributed by atoms with Crippen molar-refractivity contribution in [2.75, 3.05) is 19.4 Å². The number of thioether (sulfide) groups is 1. The molecule has 5 heteroatoms. The highest BCUT2D eigenvalue weighted by Gasteiger charge is 2.14. The summed E-state index contributed by atoms with van der Waals surface area (Å²) >= 11 is 1.75. The Balaban J connectivity index is 1.48. The van der Waals surface area contributed by atoms with Gasteiger partial charge in [0.2, 0.25) is 0 Å². The summed E-state index contributed by atoms with van der Waals surface area (Å²) in [6, 6.07) is 25.9. The summed E-state index contributed by atoms with van der Waals surface area (Å²) in [4.78, 5) is 17.2. The van der Waals surface area contributed by atoms with Crippen LogP contribution in [0.4, 0.5) is 0 Å². The zero-order chi connectivity index (χ0) is 20.1. The van der Waals surface area contributed by atoms with Crippen LogP contribution in [0.2, 0.25) is 0 Å². The van der Waals surface area contributed by atoms with Gasteiger partial charge in [-0.2, -0.15) is 0 Å². The van der Waals surface area contributed by atoms with Gasteiger partial charge in [0.1, 0.15) is 5.75 Å². The quantitative estimate of drug-likeness (QED) is 0.323. The zero-order valence-corrected chi connectivity index (χ0v) is 17.0. The van der Waals surface area contributed by atoms with E-state index in [2.05, 4.69) is 40.6 Å². The Morgan fingerprint density at radius 3 is 2.52 bits per heavy atom. The first kappa shape index (κ1) is 19.2. The van der Waals surface area contributed by atoms with Crippen LogP contribution in [-0.2, 0) is 0 Å². The maximum absolute atomic E-state index is 12.5. The van der Waals surface area contributed by atoms with Crippen LogP contribution in [0.25, 0.3) is 22.2 Å². The van der Waals surface area contributed by atoms with E-state index in [1.54, 1.807) is 31.0 Å². The van der Waals surface area contributed by atoms with E-state index >= 15 is 0 Å². The van der Waals surface area contributed by atoms with Gasteiger partial charge in [-0.1, -0.05) is 60.7 Å². The summed E-state index contributed by atoms with van der Waals surface area (Å²) in [6.07, 6.45) is 0. The van der Waals surface area contributed by atoms with Crippen molar-refractivity contribution in [2.45, 2.75) is 4.90 Å². The van der Waals surface area contributed by atoms with Crippen LogP contribution in [0.3, 0.4) is 0 Å². The number of hydrogen-bond acceptors (Lipinski definition) is 3. The molecule has 29 heavy (non-hydrogen) atoms. The number of ether oxygens (including phenoxy) is 1. The Morgan fingerprint density at radius 2 is 1.69 bits per heavy atom. The van der Waals surface area contributed by atoms with Crippen molar-refractivity contribution in [2.24, 2.45) is 0 Å². The molecule has 2 N–H and O–H groups in total. The van der Waals surface area contributed by atoms with E-state index in [4.69, 9.17) is 4.74 Å². The molecule has 0 aliphatic heterocycles. The molecule has 0 saturated heterocycles. The van der Waals surface area contributed by atoms with Crippen molar-refractivity contribution in [3.63, 3.8) is 0 Å². The van der Waals surface area contributed by atoms with Gasteiger partial charge in [-0.25, -0.2) is 0 Å². The third-order valence-electron chi connectivity index (χ3n) is 4.71. The van der Waals surface area contributed by atoms with Gasteiger partial charge < -0.3 is 15.0 Å². The molecule has 0 aliphatic rings. The lowest BCUT2D eigenvalue weighted by Crippen LogP contribution is -2.26. The summed E-state index contributed by atoms with van der Waals surface area (Å²) in [6.45, 7) is 0.565. The Morgan fingerprint density at radius 1 is 0.966 bits per heavy atom. The summed E-state index contributed by atoms with van der Waals surface area (Å²) in [5.74, 6) is 1.23. The minimum atomic E-state index is -0.120. The van der Waals surface area contributed by atoms with Crippen LogP contribution >= 0.6 is 11.8 Å². The lowest BCUT2D eigenvalue weighted by atomic mass is 10.1. The molecule has 1 heterocycles. The molecule has 0 unspecified atom stereocenters. The molecule has 0 bridgehead atoms. The molecule has 3 aromatic carbocycles. The minimum absolute atomic E-state index is 0.120. The van der Waals surface area contributed by atoms with Crippen LogP contribution in [0, 0.1) is 0 Å². The van der Waals surface area contributed by atoms with Gasteiger partial charge in [-0.15, -0.1) is 11.8 Å². The number of carbonyl (C=O) groups is 1. The Hall–Kier alpha value is -3.18. The first-order valence-electron chi connectivity index (χ1n) is 9.48. The number of H-pyrrole nitrogens is 1. The summed E-state index contributed by atoms with van der Waals surface area (Å²) in [7, 11) is 1.57. The lowest BCUT2D eigenvalue weighted by molar-refractivity contribution is 0.0953. The normalized spacial score (nSPS) is 10.8. The highest BCUT2D eigenvalue weighted by molar-refractivity contribution is 7.99. The van der Waals surface area contributed by atoms with Crippen molar-refractivity contribution in [3.8, 4) is 17.0 Å². The number of amides is 1. The molecule has 0 fully saturated rings. The van der Waals surface area contributed by atoms with Crippen LogP contribution in [-0.4, -0.2) is 30.3 Å². The molecule has 0 aliphatic carbocycles. The Bertz CT molecular complexity index is 1120. The van der Waals surface area contributed by atoms with E-state index in [1.807, 2.05) is 36.4 Å². The molecular weight excluding hydrogens is 380 g/mol. The predicted molar refractivity (Wildman–Crippen MR) is 120 cm³/mol. The maximum atomic E-state index is 12.5. The first-order chi connectivity index (χ1) is 14.3. The topological polar surface area (TPSA) is 54.1 Å². The maximum Gasteiger partial charge on any atom is 0.255 e. The van der Waals surface area contributed by atoms with Gasteiger partial charge in [-0.3, -0.25) is 4.79 Å². The highest BCUT2D eigenvalue weighted by atomic mass is 32.2. The third-order valence-corrected chi connectivity index (χ3v) is 5.83. The highest BCUT2D eigenvalue weighted by Crippen LogP contribution is 2.37. The SMILES string of the molecule is COc1ccccc1C(=O)NCCSc1c(-c2ccccc2)[nH]c2ccccc12. The average Bonchev–Trinajstić information content (AvgIpc) is 3.15. The first-order valence-corrected chi connectivity index (χ1v) is 10.5. The fourth-order valence-electron chi connectivity index (χ4n) is 3.32. The predicted octanol–water partition coefficient (Wildman–Crippen LogP) is 5.37. The van der Waals surface area contributed by atoms with E-state index in [9.17, 15) is 4.79 Å². The van der Waals surface area contributed by atoms with E-state index in [0.717, 1.165) is 22.5 Å². The molecule has 0 spiro atoms. The van der Waals surface area contributed by atoms with Crippen molar-refractivity contribution < 1.29 is 9.53 Å². The number of carbonyl (C=O) groups excluding carboxylic acids is 1. The smallest absolute Gasteiger partial charge is 0.255 e. The Kier molecular flexibility index (Phi) is 5.86. The van der Waals surface area contributed by atoms with Gasteiger partial charge in [0.25, 0.3) is 5.91 Å². The number of rotatable bonds is 7. The summed E-state index contributed by atoms with van der Waals surface area (Å²) in [5, 5.41) is 4.19. The monoisotopic (exact) mass is 402 g/mol. The van der Waals surface area contributed by atoms with Crippen molar-refractivity contribution in [3.05, 3.63) is 84.4 Å². The number of methoxy groups -OCH3 is 1. The lowest BCUT2D eigenvalue weighted by Gasteiger charge is -2.09. The van der Waals surface area contributed by atoms with Gasteiger partial charge in [0.05, 0.1) is 18.4 Å². The zero-order valence-electron chi connectivity index (χ0n) is 16.1. The van der Waals surface area contributed by atoms with Crippen LogP contribution in [0.15, 0.2) is 83.8 Å². The van der Waals surface area contributed by atoms with E-state index in [0.29, 0.717) is 17.9 Å². The van der Waals surface area contributed by atoms with Crippen LogP contribution in [0.1, 0.15) is 10.4 Å². The van der Waals surface area contributed by atoms with Gasteiger partial charge in [0.15, 0.2) is 0 Å². The molecule has 146 valence electrons. The molecule has 1 aromatic heterocycles. The second-order valence-corrected chi connectivity index (χ2v) is 7.65. The number of hydrogen-bond donors (Lipinski definition) is 2. The molecule has 1 amide bonds.